The monoisotopic (exact) mass is 389 g/mol. The quantitative estimate of drug-likeness (QED) is 0.329. The molecule has 5 N–H and O–H groups in total. The van der Waals surface area contributed by atoms with E-state index < -0.39 is 31.1 Å². The molecule has 28 heavy (non-hydrogen) atoms. The van der Waals surface area contributed by atoms with Gasteiger partial charge in [0.25, 0.3) is 0 Å². The Bertz CT molecular complexity index is 973. The zero-order chi connectivity index (χ0) is 19.3. The molecular formula is C15H19N9O4. The van der Waals surface area contributed by atoms with Gasteiger partial charge in [-0.15, -0.1) is 10.2 Å². The van der Waals surface area contributed by atoms with Crippen LogP contribution in [0.1, 0.15) is 19.1 Å². The van der Waals surface area contributed by atoms with Crippen LogP contribution >= 0.6 is 0 Å². The first kappa shape index (κ1) is 17.4. The summed E-state index contributed by atoms with van der Waals surface area (Å²) in [5, 5.41) is 46.8. The van der Waals surface area contributed by atoms with Gasteiger partial charge in [0.05, 0.1) is 12.9 Å². The van der Waals surface area contributed by atoms with Crippen molar-refractivity contribution in [1.82, 2.24) is 40.1 Å². The van der Waals surface area contributed by atoms with Crippen LogP contribution < -0.4 is 5.32 Å². The third-order valence-electron chi connectivity index (χ3n) is 5.01. The Morgan fingerprint density at radius 1 is 1.21 bits per heavy atom. The number of aliphatic hydroxyl groups is 3. The van der Waals surface area contributed by atoms with Crippen molar-refractivity contribution in [3.05, 3.63) is 6.33 Å². The molecular weight excluding hydrogens is 370 g/mol. The van der Waals surface area contributed by atoms with Gasteiger partial charge in [0.1, 0.15) is 18.3 Å². The fourth-order valence-corrected chi connectivity index (χ4v) is 3.26. The van der Waals surface area contributed by atoms with Gasteiger partial charge >= 0.3 is 0 Å². The van der Waals surface area contributed by atoms with Gasteiger partial charge in [-0.1, -0.05) is 0 Å². The van der Waals surface area contributed by atoms with E-state index in [-0.39, 0.29) is 11.6 Å². The number of hydrogen-bond acceptors (Lipinski definition) is 11. The van der Waals surface area contributed by atoms with Gasteiger partial charge in [0, 0.05) is 6.54 Å². The van der Waals surface area contributed by atoms with E-state index in [4.69, 9.17) is 4.74 Å². The van der Waals surface area contributed by atoms with Crippen molar-refractivity contribution in [2.24, 2.45) is 5.92 Å². The maximum atomic E-state index is 10.4. The van der Waals surface area contributed by atoms with E-state index in [1.807, 2.05) is 0 Å². The zero-order valence-corrected chi connectivity index (χ0v) is 14.7. The average Bonchev–Trinajstić information content (AvgIpc) is 3.09. The second-order valence-corrected chi connectivity index (χ2v) is 7.01. The minimum Gasteiger partial charge on any atom is -0.394 e. The molecule has 5 rings (SSSR count). The van der Waals surface area contributed by atoms with Gasteiger partial charge in [0.15, 0.2) is 23.2 Å². The minimum atomic E-state index is -1.25. The molecule has 1 saturated carbocycles. The van der Waals surface area contributed by atoms with Crippen molar-refractivity contribution in [2.45, 2.75) is 37.4 Å². The van der Waals surface area contributed by atoms with Crippen LogP contribution in [0.2, 0.25) is 0 Å². The van der Waals surface area contributed by atoms with Crippen LogP contribution in [0.15, 0.2) is 6.33 Å². The highest BCUT2D eigenvalue weighted by Crippen LogP contribution is 2.34. The molecule has 13 heteroatoms. The van der Waals surface area contributed by atoms with Crippen molar-refractivity contribution < 1.29 is 20.1 Å². The van der Waals surface area contributed by atoms with Gasteiger partial charge in [-0.05, 0) is 24.0 Å². The molecule has 1 aliphatic carbocycles. The molecule has 0 radical (unpaired) electrons. The molecule has 4 heterocycles. The molecule has 0 amide bonds. The molecule has 3 aromatic heterocycles. The van der Waals surface area contributed by atoms with E-state index in [9.17, 15) is 15.3 Å². The number of fused-ring (bicyclic) bond motifs is 1. The molecule has 4 atom stereocenters. The summed E-state index contributed by atoms with van der Waals surface area (Å²) in [6, 6.07) is 0. The number of anilines is 1. The molecule has 2 aliphatic rings. The summed E-state index contributed by atoms with van der Waals surface area (Å²) in [6.07, 6.45) is -0.516. The Morgan fingerprint density at radius 2 is 2.07 bits per heavy atom. The van der Waals surface area contributed by atoms with Crippen LogP contribution in [0, 0.1) is 5.92 Å². The highest BCUT2D eigenvalue weighted by Gasteiger charge is 2.44. The van der Waals surface area contributed by atoms with E-state index in [0.717, 1.165) is 6.54 Å². The number of imidazole rings is 1. The molecule has 13 nitrogen and oxygen atoms in total. The fraction of sp³-hybridized carbons (Fsp3) is 0.600. The summed E-state index contributed by atoms with van der Waals surface area (Å²) in [4.78, 5) is 13.3. The lowest BCUT2D eigenvalue weighted by molar-refractivity contribution is -0.0511. The smallest absolute Gasteiger partial charge is 0.241 e. The van der Waals surface area contributed by atoms with Crippen molar-refractivity contribution in [3.8, 4) is 11.6 Å². The lowest BCUT2D eigenvalue weighted by atomic mass is 10.1. The van der Waals surface area contributed by atoms with E-state index in [0.29, 0.717) is 22.9 Å². The third-order valence-corrected chi connectivity index (χ3v) is 5.01. The number of ether oxygens (including phenoxy) is 1. The van der Waals surface area contributed by atoms with Crippen molar-refractivity contribution in [2.75, 3.05) is 18.5 Å². The number of nitrogens with one attached hydrogen (secondary N) is 2. The van der Waals surface area contributed by atoms with Gasteiger partial charge in [-0.2, -0.15) is 5.21 Å². The van der Waals surface area contributed by atoms with Crippen LogP contribution in [-0.4, -0.2) is 86.9 Å². The first-order valence-corrected chi connectivity index (χ1v) is 9.00. The lowest BCUT2D eigenvalue weighted by Gasteiger charge is -2.17. The van der Waals surface area contributed by atoms with E-state index in [1.165, 1.54) is 23.7 Å². The van der Waals surface area contributed by atoms with Crippen molar-refractivity contribution in [1.29, 1.82) is 0 Å². The number of H-pyrrole nitrogens is 1. The van der Waals surface area contributed by atoms with Crippen LogP contribution in [0.4, 0.5) is 5.82 Å². The SMILES string of the molecule is OC[C@H]1O[C@@H](n2cnc3c(NCC4CC4)nc(-c4nn[nH]n4)nc32)[C@@H](O)[C@H]1O. The molecule has 1 aliphatic heterocycles. The van der Waals surface area contributed by atoms with Gasteiger partial charge in [0.2, 0.25) is 11.6 Å². The Kier molecular flexibility index (Phi) is 4.16. The first-order chi connectivity index (χ1) is 13.7. The summed E-state index contributed by atoms with van der Waals surface area (Å²) < 4.78 is 7.12. The van der Waals surface area contributed by atoms with E-state index in [1.54, 1.807) is 0 Å². The van der Waals surface area contributed by atoms with Gasteiger partial charge in [-0.3, -0.25) is 4.57 Å². The summed E-state index contributed by atoms with van der Waals surface area (Å²) in [5.41, 5.74) is 0.869. The minimum absolute atomic E-state index is 0.213. The number of tetrazole rings is 1. The number of nitrogens with zero attached hydrogens (tertiary/aromatic N) is 7. The predicted octanol–water partition coefficient (Wildman–Crippen LogP) is -1.56. The second-order valence-electron chi connectivity index (χ2n) is 7.01. The number of aliphatic hydroxyl groups excluding tert-OH is 3. The summed E-state index contributed by atoms with van der Waals surface area (Å²) in [7, 11) is 0. The Morgan fingerprint density at radius 3 is 2.75 bits per heavy atom. The van der Waals surface area contributed by atoms with E-state index >= 15 is 0 Å². The molecule has 2 fully saturated rings. The van der Waals surface area contributed by atoms with Crippen molar-refractivity contribution >= 4 is 17.0 Å². The molecule has 0 spiro atoms. The standard InChI is InChI=1S/C15H19N9O4/c25-4-7-9(26)10(27)15(28-7)24-5-17-8-11(16-3-6-1-2-6)18-12(19-14(8)24)13-20-22-23-21-13/h5-7,9-10,15,25-27H,1-4H2,(H,16,18,19)(H,20,21,22,23)/t7-,9+,10+,15-/m1/s1. The zero-order valence-electron chi connectivity index (χ0n) is 14.7. The molecule has 1 saturated heterocycles. The molecule has 0 bridgehead atoms. The Labute approximate surface area is 157 Å². The molecule has 0 unspecified atom stereocenters. The Balaban J connectivity index is 1.58. The second kappa shape index (κ2) is 6.70. The number of aromatic amines is 1. The normalized spacial score (nSPS) is 27.5. The average molecular weight is 389 g/mol. The number of aromatic nitrogens is 8. The first-order valence-electron chi connectivity index (χ1n) is 9.00. The Hall–Kier alpha value is -2.74. The van der Waals surface area contributed by atoms with Crippen molar-refractivity contribution in [3.63, 3.8) is 0 Å². The summed E-state index contributed by atoms with van der Waals surface area (Å²) in [5.74, 6) is 1.57. The number of hydrogen-bond donors (Lipinski definition) is 5. The van der Waals surface area contributed by atoms with Gasteiger partial charge < -0.3 is 25.4 Å². The van der Waals surface area contributed by atoms with Crippen LogP contribution in [0.25, 0.3) is 22.8 Å². The highest BCUT2D eigenvalue weighted by atomic mass is 16.6. The highest BCUT2D eigenvalue weighted by molar-refractivity contribution is 5.84. The third kappa shape index (κ3) is 2.88. The maximum Gasteiger partial charge on any atom is 0.241 e. The topological polar surface area (TPSA) is 180 Å². The summed E-state index contributed by atoms with van der Waals surface area (Å²) in [6.45, 7) is 0.344. The van der Waals surface area contributed by atoms with E-state index in [2.05, 4.69) is 40.9 Å². The molecule has 3 aromatic rings. The maximum absolute atomic E-state index is 10.4. The predicted molar refractivity (Wildman–Crippen MR) is 92.7 cm³/mol. The summed E-state index contributed by atoms with van der Waals surface area (Å²) >= 11 is 0. The van der Waals surface area contributed by atoms with Crippen LogP contribution in [0.3, 0.4) is 0 Å². The molecule has 148 valence electrons. The van der Waals surface area contributed by atoms with Crippen LogP contribution in [0.5, 0.6) is 0 Å². The number of rotatable bonds is 6. The van der Waals surface area contributed by atoms with Crippen LogP contribution in [-0.2, 0) is 4.74 Å². The molecule has 0 aromatic carbocycles. The largest absolute Gasteiger partial charge is 0.394 e. The fourth-order valence-electron chi connectivity index (χ4n) is 3.26. The lowest BCUT2D eigenvalue weighted by Crippen LogP contribution is -2.33. The van der Waals surface area contributed by atoms with Gasteiger partial charge in [-0.25, -0.2) is 15.0 Å².